The Morgan fingerprint density at radius 2 is 1.93 bits per heavy atom. The molecule has 1 unspecified atom stereocenters. The molecule has 1 heteroatoms. The fourth-order valence-electron chi connectivity index (χ4n) is 1.56. The lowest BCUT2D eigenvalue weighted by molar-refractivity contribution is 0.324. The first-order valence-corrected chi connectivity index (χ1v) is 4.89. The lowest BCUT2D eigenvalue weighted by Gasteiger charge is -2.32. The molecule has 2 N–H and O–H groups in total. The summed E-state index contributed by atoms with van der Waals surface area (Å²) in [5, 5.41) is 0. The fourth-order valence-corrected chi connectivity index (χ4v) is 1.56. The summed E-state index contributed by atoms with van der Waals surface area (Å²) >= 11 is 0. The zero-order chi connectivity index (χ0) is 10.6. The summed E-state index contributed by atoms with van der Waals surface area (Å²) in [5.74, 6) is 3.00. The molecule has 1 atom stereocenters. The van der Waals surface area contributed by atoms with Crippen molar-refractivity contribution in [3.63, 3.8) is 0 Å². The number of hydrogen-bond donors (Lipinski definition) is 1. The molecule has 0 fully saturated rings. The zero-order valence-electron chi connectivity index (χ0n) is 8.83. The van der Waals surface area contributed by atoms with E-state index in [-0.39, 0.29) is 0 Å². The maximum atomic E-state index is 6.33. The summed E-state index contributed by atoms with van der Waals surface area (Å²) in [4.78, 5) is 0. The maximum absolute atomic E-state index is 6.33. The van der Waals surface area contributed by atoms with Crippen molar-refractivity contribution in [1.29, 1.82) is 0 Å². The van der Waals surface area contributed by atoms with Gasteiger partial charge in [0.15, 0.2) is 0 Å². The van der Waals surface area contributed by atoms with Crippen LogP contribution in [0, 0.1) is 18.3 Å². The van der Waals surface area contributed by atoms with Crippen molar-refractivity contribution >= 4 is 0 Å². The van der Waals surface area contributed by atoms with E-state index in [9.17, 15) is 0 Å². The highest BCUT2D eigenvalue weighted by Gasteiger charge is 2.29. The van der Waals surface area contributed by atoms with Crippen molar-refractivity contribution in [2.45, 2.75) is 25.8 Å². The van der Waals surface area contributed by atoms with Crippen LogP contribution in [0.15, 0.2) is 30.3 Å². The summed E-state index contributed by atoms with van der Waals surface area (Å²) in [6.45, 7) is 4.20. The molecular weight excluding hydrogens is 170 g/mol. The molecule has 0 amide bonds. The molecule has 1 nitrogen and oxygen atoms in total. The predicted molar refractivity (Wildman–Crippen MR) is 60.6 cm³/mol. The Kier molecular flexibility index (Phi) is 3.33. The highest BCUT2D eigenvalue weighted by Crippen LogP contribution is 2.29. The van der Waals surface area contributed by atoms with Gasteiger partial charge in [0.25, 0.3) is 0 Å². The van der Waals surface area contributed by atoms with Crippen molar-refractivity contribution in [3.05, 3.63) is 35.9 Å². The predicted octanol–water partition coefficient (Wildman–Crippen LogP) is 2.52. The first-order chi connectivity index (χ1) is 6.61. The van der Waals surface area contributed by atoms with E-state index in [4.69, 9.17) is 12.2 Å². The molecule has 0 aliphatic rings. The highest BCUT2D eigenvalue weighted by atomic mass is 14.7. The molecule has 0 saturated carbocycles. The van der Waals surface area contributed by atoms with Crippen LogP contribution in [0.4, 0.5) is 0 Å². The van der Waals surface area contributed by atoms with Crippen molar-refractivity contribution < 1.29 is 0 Å². The molecule has 0 saturated heterocycles. The molecule has 0 radical (unpaired) electrons. The van der Waals surface area contributed by atoms with Crippen molar-refractivity contribution in [2.24, 2.45) is 11.7 Å². The third kappa shape index (κ3) is 1.97. The standard InChI is InChI=1S/C13H17N/c1-4-10-13(14,11(2)3)12-8-6-5-7-9-12/h1,5-9,11H,10,14H2,2-3H3. The summed E-state index contributed by atoms with van der Waals surface area (Å²) in [6, 6.07) is 10.1. The number of hydrogen-bond acceptors (Lipinski definition) is 1. The van der Waals surface area contributed by atoms with Gasteiger partial charge in [0.05, 0.1) is 5.54 Å². The lowest BCUT2D eigenvalue weighted by Crippen LogP contribution is -2.41. The SMILES string of the molecule is C#CCC(N)(c1ccccc1)C(C)C. The summed E-state index contributed by atoms with van der Waals surface area (Å²) in [6.07, 6.45) is 5.94. The van der Waals surface area contributed by atoms with Crippen LogP contribution in [-0.2, 0) is 5.54 Å². The van der Waals surface area contributed by atoms with Crippen LogP contribution in [0.2, 0.25) is 0 Å². The normalized spacial score (nSPS) is 14.8. The van der Waals surface area contributed by atoms with Gasteiger partial charge in [-0.15, -0.1) is 12.3 Å². The van der Waals surface area contributed by atoms with Crippen molar-refractivity contribution in [2.75, 3.05) is 0 Å². The maximum Gasteiger partial charge on any atom is 0.0543 e. The van der Waals surface area contributed by atoms with Crippen LogP contribution in [0.3, 0.4) is 0 Å². The average Bonchev–Trinajstić information content (AvgIpc) is 2.19. The van der Waals surface area contributed by atoms with Gasteiger partial charge in [-0.25, -0.2) is 0 Å². The Hall–Kier alpha value is -1.26. The van der Waals surface area contributed by atoms with Gasteiger partial charge in [-0.2, -0.15) is 0 Å². The number of nitrogens with two attached hydrogens (primary N) is 1. The monoisotopic (exact) mass is 187 g/mol. The topological polar surface area (TPSA) is 26.0 Å². The third-order valence-corrected chi connectivity index (χ3v) is 2.74. The van der Waals surface area contributed by atoms with Gasteiger partial charge in [-0.1, -0.05) is 44.2 Å². The average molecular weight is 187 g/mol. The van der Waals surface area contributed by atoms with Crippen LogP contribution in [0.1, 0.15) is 25.8 Å². The summed E-state index contributed by atoms with van der Waals surface area (Å²) < 4.78 is 0. The molecule has 0 bridgehead atoms. The Morgan fingerprint density at radius 3 is 2.36 bits per heavy atom. The van der Waals surface area contributed by atoms with Crippen LogP contribution in [0.25, 0.3) is 0 Å². The smallest absolute Gasteiger partial charge is 0.0543 e. The molecule has 0 aliphatic carbocycles. The van der Waals surface area contributed by atoms with E-state index >= 15 is 0 Å². The molecule has 0 spiro atoms. The minimum atomic E-state index is -0.393. The minimum Gasteiger partial charge on any atom is -0.320 e. The van der Waals surface area contributed by atoms with Crippen molar-refractivity contribution in [3.8, 4) is 12.3 Å². The van der Waals surface area contributed by atoms with Gasteiger partial charge in [0.2, 0.25) is 0 Å². The molecule has 1 aromatic carbocycles. The van der Waals surface area contributed by atoms with Gasteiger partial charge >= 0.3 is 0 Å². The fraction of sp³-hybridized carbons (Fsp3) is 0.385. The van der Waals surface area contributed by atoms with E-state index < -0.39 is 5.54 Å². The van der Waals surface area contributed by atoms with Gasteiger partial charge in [0, 0.05) is 6.42 Å². The molecule has 0 heterocycles. The van der Waals surface area contributed by atoms with E-state index in [1.165, 1.54) is 0 Å². The second-order valence-corrected chi connectivity index (χ2v) is 3.94. The number of benzene rings is 1. The minimum absolute atomic E-state index is 0.334. The quantitative estimate of drug-likeness (QED) is 0.723. The number of rotatable bonds is 3. The summed E-state index contributed by atoms with van der Waals surface area (Å²) in [5.41, 5.74) is 7.06. The van der Waals surface area contributed by atoms with Crippen LogP contribution < -0.4 is 5.73 Å². The first kappa shape index (κ1) is 10.8. The van der Waals surface area contributed by atoms with E-state index in [2.05, 4.69) is 19.8 Å². The van der Waals surface area contributed by atoms with Gasteiger partial charge in [-0.05, 0) is 11.5 Å². The van der Waals surface area contributed by atoms with Crippen LogP contribution >= 0.6 is 0 Å². The molecule has 1 aromatic rings. The Morgan fingerprint density at radius 1 is 1.36 bits per heavy atom. The molecule has 74 valence electrons. The van der Waals surface area contributed by atoms with E-state index in [0.29, 0.717) is 12.3 Å². The van der Waals surface area contributed by atoms with Gasteiger partial charge in [0.1, 0.15) is 0 Å². The van der Waals surface area contributed by atoms with Crippen molar-refractivity contribution in [1.82, 2.24) is 0 Å². The molecule has 0 aliphatic heterocycles. The molecule has 0 aromatic heterocycles. The lowest BCUT2D eigenvalue weighted by atomic mass is 9.78. The molecular formula is C13H17N. The number of terminal acetylenes is 1. The van der Waals surface area contributed by atoms with E-state index in [0.717, 1.165) is 5.56 Å². The largest absolute Gasteiger partial charge is 0.320 e. The second-order valence-electron chi connectivity index (χ2n) is 3.94. The molecule has 14 heavy (non-hydrogen) atoms. The Balaban J connectivity index is 3.07. The van der Waals surface area contributed by atoms with E-state index in [1.807, 2.05) is 30.3 Å². The Labute approximate surface area is 86.3 Å². The van der Waals surface area contributed by atoms with Gasteiger partial charge in [-0.3, -0.25) is 0 Å². The van der Waals surface area contributed by atoms with Gasteiger partial charge < -0.3 is 5.73 Å². The van der Waals surface area contributed by atoms with Crippen LogP contribution in [0.5, 0.6) is 0 Å². The van der Waals surface area contributed by atoms with Crippen LogP contribution in [-0.4, -0.2) is 0 Å². The van der Waals surface area contributed by atoms with E-state index in [1.54, 1.807) is 0 Å². The second kappa shape index (κ2) is 4.30. The third-order valence-electron chi connectivity index (χ3n) is 2.74. The zero-order valence-corrected chi connectivity index (χ0v) is 8.83. The molecule has 1 rings (SSSR count). The highest BCUT2D eigenvalue weighted by molar-refractivity contribution is 5.26. The summed E-state index contributed by atoms with van der Waals surface area (Å²) in [7, 11) is 0. The first-order valence-electron chi connectivity index (χ1n) is 4.89. The Bertz CT molecular complexity index is 321.